The number of methoxy groups -OCH3 is 1. The zero-order chi connectivity index (χ0) is 63.0. The number of rotatable bonds is 12. The highest BCUT2D eigenvalue weighted by Gasteiger charge is 2.53. The zero-order valence-corrected chi connectivity index (χ0v) is 54.1. The summed E-state index contributed by atoms with van der Waals surface area (Å²) in [6.07, 6.45) is 17.0. The lowest BCUT2D eigenvalue weighted by Crippen LogP contribution is -2.52. The molecule has 6 bridgehead atoms. The molecule has 9 aliphatic rings. The predicted octanol–water partition coefficient (Wildman–Crippen LogP) is 11.2. The standard InChI is InChI=1S/C76H84N4O10S2/c1-44(83)87-41-61-57-22-23-58-67-51(33-54(84)34-64(67)88-43-82)36-76-30-29-49(35-76)55(21-19-45-11-5-3-6-12-45)56-25-28-66(77)80-62(56)26-20-48-16-10-17-50(40-86-2)52(39-81)37-78-38-60-68(48)69(72(61)89-73(57)70(58)76)59-24-27-63-75(90-74(59)71(60)85)65(32-46-13-7-4-8-14-46)92-91-42-47-15-9-18-53(31-47)79-63/h3-8,11-14,22-25,27-28,33-34,47-50,52-53,55,61,63,65-66,72,75,78-82,84-85H,9,15,17-19,21,29-32,35-43,77H2,1-2H3. The molecule has 5 aromatic rings. The Labute approximate surface area is 548 Å². The fourth-order valence-corrected chi connectivity index (χ4v) is 20.2. The van der Waals surface area contributed by atoms with Gasteiger partial charge in [0.05, 0.1) is 35.7 Å². The van der Waals surface area contributed by atoms with Crippen LogP contribution in [0.25, 0.3) is 17.2 Å². The van der Waals surface area contributed by atoms with Crippen LogP contribution < -0.4 is 35.9 Å². The van der Waals surface area contributed by atoms with Crippen LogP contribution in [0.15, 0.2) is 114 Å². The first-order valence-corrected chi connectivity index (χ1v) is 35.6. The number of aliphatic hydroxyl groups is 2. The van der Waals surface area contributed by atoms with Gasteiger partial charge in [0.15, 0.2) is 18.3 Å². The number of aryl methyl sites for hydroxylation is 1. The molecule has 14 atom stereocenters. The number of dihydropyridines is 1. The predicted molar refractivity (Wildman–Crippen MR) is 361 cm³/mol. The maximum Gasteiger partial charge on any atom is 0.302 e. The Morgan fingerprint density at radius 1 is 0.902 bits per heavy atom. The molecule has 9 N–H and O–H groups in total. The van der Waals surface area contributed by atoms with E-state index in [4.69, 9.17) is 29.4 Å². The molecule has 2 saturated carbocycles. The Morgan fingerprint density at radius 3 is 2.54 bits per heavy atom. The van der Waals surface area contributed by atoms with E-state index in [1.54, 1.807) is 13.2 Å². The van der Waals surface area contributed by atoms with Gasteiger partial charge in [-0.3, -0.25) is 4.79 Å². The molecule has 480 valence electrons. The number of carbonyl (C=O) groups is 1. The first-order valence-electron chi connectivity index (χ1n) is 33.2. The van der Waals surface area contributed by atoms with E-state index in [2.05, 4.69) is 131 Å². The number of aromatic hydroxyl groups is 2. The molecule has 16 heteroatoms. The summed E-state index contributed by atoms with van der Waals surface area (Å²) in [5, 5.41) is 58.4. The Balaban J connectivity index is 1.06. The number of aliphatic hydroxyl groups excluding tert-OH is 2. The van der Waals surface area contributed by atoms with Crippen molar-refractivity contribution in [1.29, 1.82) is 0 Å². The largest absolute Gasteiger partial charge is 0.508 e. The second-order valence-electron chi connectivity index (χ2n) is 26.9. The molecular weight excluding hydrogens is 1190 g/mol. The molecule has 6 aliphatic heterocycles. The van der Waals surface area contributed by atoms with Gasteiger partial charge in [-0.05, 0) is 139 Å². The summed E-state index contributed by atoms with van der Waals surface area (Å²) >= 11 is 0. The lowest BCUT2D eigenvalue weighted by atomic mass is 9.64. The summed E-state index contributed by atoms with van der Waals surface area (Å²) in [5.41, 5.74) is 17.7. The molecule has 0 radical (unpaired) electrons. The summed E-state index contributed by atoms with van der Waals surface area (Å²) in [6.45, 7) is 1.62. The normalized spacial score (nSPS) is 29.9. The van der Waals surface area contributed by atoms with Crippen molar-refractivity contribution in [3.05, 3.63) is 164 Å². The van der Waals surface area contributed by atoms with E-state index in [1.165, 1.54) is 24.5 Å². The van der Waals surface area contributed by atoms with Crippen molar-refractivity contribution in [1.82, 2.24) is 16.0 Å². The number of esters is 1. The van der Waals surface area contributed by atoms with E-state index < -0.39 is 48.4 Å². The minimum Gasteiger partial charge on any atom is -0.508 e. The third-order valence-corrected chi connectivity index (χ3v) is 24.2. The molecule has 1 saturated heterocycles. The number of ether oxygens (including phenoxy) is 5. The van der Waals surface area contributed by atoms with Gasteiger partial charge in [0, 0.05) is 103 Å². The highest BCUT2D eigenvalue weighted by atomic mass is 33.1. The average molecular weight is 1280 g/mol. The van der Waals surface area contributed by atoms with Gasteiger partial charge in [-0.15, -0.1) is 5.92 Å². The summed E-state index contributed by atoms with van der Waals surface area (Å²) < 4.78 is 34.0. The summed E-state index contributed by atoms with van der Waals surface area (Å²) in [4.78, 5) is 13.4. The Hall–Kier alpha value is -6.83. The maximum absolute atomic E-state index is 13.8. The van der Waals surface area contributed by atoms with Crippen LogP contribution in [-0.4, -0.2) is 102 Å². The number of carbonyl (C=O) groups excluding carboxylic acids is 1. The molecule has 0 aromatic heterocycles. The minimum absolute atomic E-state index is 0.00336. The first kappa shape index (κ1) is 62.6. The fraction of sp³-hybridized carbons (Fsp3) is 0.461. The Bertz CT molecular complexity index is 3820. The summed E-state index contributed by atoms with van der Waals surface area (Å²) in [7, 11) is 5.50. The van der Waals surface area contributed by atoms with Gasteiger partial charge < -0.3 is 65.8 Å². The number of nitrogens with one attached hydrogen (secondary N) is 3. The smallest absolute Gasteiger partial charge is 0.302 e. The number of hydrogen-bond acceptors (Lipinski definition) is 16. The van der Waals surface area contributed by atoms with E-state index in [-0.39, 0.29) is 72.3 Å². The molecule has 14 nitrogen and oxygen atoms in total. The Morgan fingerprint density at radius 2 is 1.74 bits per heavy atom. The van der Waals surface area contributed by atoms with Crippen LogP contribution in [0.1, 0.15) is 133 Å². The van der Waals surface area contributed by atoms with Crippen LogP contribution >= 0.6 is 21.6 Å². The van der Waals surface area contributed by atoms with Crippen LogP contribution in [0.3, 0.4) is 0 Å². The molecular formula is C76H84N4O10S2. The van der Waals surface area contributed by atoms with E-state index >= 15 is 0 Å². The van der Waals surface area contributed by atoms with Gasteiger partial charge in [0.25, 0.3) is 0 Å². The van der Waals surface area contributed by atoms with Crippen molar-refractivity contribution >= 4 is 33.6 Å². The number of allylic oxidation sites excluding steroid dienone is 3. The molecule has 3 fully saturated rings. The molecule has 6 heterocycles. The van der Waals surface area contributed by atoms with Gasteiger partial charge in [0.1, 0.15) is 42.0 Å². The van der Waals surface area contributed by atoms with Gasteiger partial charge >= 0.3 is 5.97 Å². The summed E-state index contributed by atoms with van der Waals surface area (Å²) in [6, 6.07) is 28.9. The molecule has 14 rings (SSSR count). The minimum atomic E-state index is -0.879. The molecule has 0 amide bonds. The van der Waals surface area contributed by atoms with Gasteiger partial charge in [-0.25, -0.2) is 0 Å². The SMILES string of the molecule is COCC1CC#CC2C#CC3=C(C=CC(N)N3)C(CCc3ccccc3)C3CCC4(Cc5cc(O)cc(OCO)c5-c5ccc6c(c54)OC(c4c5c(c(O)c(c42)CNCC1CO)OC1C(C=C5)NC2CCCC(CSSC1Cc1ccccc1)C2)C6COC(C)=O)C3. The van der Waals surface area contributed by atoms with Crippen molar-refractivity contribution in [2.75, 3.05) is 46.0 Å². The number of phenolic OH excluding ortho intramolecular Hbond substituents is 2. The number of benzene rings is 5. The van der Waals surface area contributed by atoms with Crippen LogP contribution in [0, 0.1) is 53.3 Å². The zero-order valence-electron chi connectivity index (χ0n) is 52.5. The van der Waals surface area contributed by atoms with Crippen LogP contribution in [0.5, 0.6) is 28.7 Å². The van der Waals surface area contributed by atoms with Crippen molar-refractivity contribution in [3.8, 4) is 63.6 Å². The quantitative estimate of drug-likeness (QED) is 0.0253. The second kappa shape index (κ2) is 27.3. The highest BCUT2D eigenvalue weighted by Crippen LogP contribution is 2.64. The maximum atomic E-state index is 13.8. The molecule has 14 unspecified atom stereocenters. The average Bonchev–Trinajstić information content (AvgIpc) is 1.47. The Kier molecular flexibility index (Phi) is 18.5. The number of fused-ring (bicyclic) bond motifs is 10. The van der Waals surface area contributed by atoms with Crippen LogP contribution in [0.2, 0.25) is 0 Å². The lowest BCUT2D eigenvalue weighted by Gasteiger charge is -2.40. The first-order chi connectivity index (χ1) is 45.0. The number of phenols is 2. The van der Waals surface area contributed by atoms with Gasteiger partial charge in [-0.1, -0.05) is 131 Å². The third-order valence-electron chi connectivity index (χ3n) is 21.3. The number of hydrogen-bond donors (Lipinski definition) is 8. The lowest BCUT2D eigenvalue weighted by molar-refractivity contribution is -0.141. The van der Waals surface area contributed by atoms with E-state index in [0.717, 1.165) is 108 Å². The van der Waals surface area contributed by atoms with Gasteiger partial charge in [0.2, 0.25) is 0 Å². The van der Waals surface area contributed by atoms with Gasteiger partial charge in [-0.2, -0.15) is 0 Å². The van der Waals surface area contributed by atoms with Crippen molar-refractivity contribution in [2.24, 2.45) is 35.3 Å². The van der Waals surface area contributed by atoms with Crippen molar-refractivity contribution in [2.45, 2.75) is 143 Å². The van der Waals surface area contributed by atoms with E-state index in [9.17, 15) is 25.2 Å². The van der Waals surface area contributed by atoms with Crippen molar-refractivity contribution < 1.29 is 48.9 Å². The summed E-state index contributed by atoms with van der Waals surface area (Å²) in [5.74, 6) is 15.8. The van der Waals surface area contributed by atoms with Crippen LogP contribution in [0.4, 0.5) is 0 Å². The number of nitrogens with two attached hydrogens (primary N) is 1. The van der Waals surface area contributed by atoms with E-state index in [1.807, 2.05) is 33.7 Å². The topological polar surface area (TPSA) is 206 Å². The molecule has 5 aromatic carbocycles. The monoisotopic (exact) mass is 1280 g/mol. The molecule has 92 heavy (non-hydrogen) atoms. The van der Waals surface area contributed by atoms with Crippen molar-refractivity contribution in [3.63, 3.8) is 0 Å². The third kappa shape index (κ3) is 12.4. The fourth-order valence-electron chi connectivity index (χ4n) is 17.0. The molecule has 1 spiro atoms. The molecule has 3 aliphatic carbocycles. The van der Waals surface area contributed by atoms with E-state index in [0.29, 0.717) is 65.9 Å². The van der Waals surface area contributed by atoms with Crippen LogP contribution in [-0.2, 0) is 45.5 Å². The highest BCUT2D eigenvalue weighted by molar-refractivity contribution is 8.77. The second-order valence-corrected chi connectivity index (χ2v) is 29.6.